The van der Waals surface area contributed by atoms with E-state index in [1.54, 1.807) is 6.92 Å². The molecule has 0 N–H and O–H groups in total. The van der Waals surface area contributed by atoms with Crippen LogP contribution >= 0.6 is 0 Å². The minimum atomic E-state index is 0.122. The number of ketones is 1. The highest BCUT2D eigenvalue weighted by atomic mass is 16.5. The predicted molar refractivity (Wildman–Crippen MR) is 50.2 cm³/mol. The molecule has 12 heavy (non-hydrogen) atoms. The molecule has 2 heteroatoms. The van der Waals surface area contributed by atoms with Gasteiger partial charge in [-0.2, -0.15) is 0 Å². The second-order valence-corrected chi connectivity index (χ2v) is 2.71. The molecule has 0 saturated heterocycles. The lowest BCUT2D eigenvalue weighted by molar-refractivity contribution is -0.114. The first-order valence-corrected chi connectivity index (χ1v) is 4.50. The summed E-state index contributed by atoms with van der Waals surface area (Å²) in [6, 6.07) is 0. The van der Waals surface area contributed by atoms with Crippen LogP contribution in [0.4, 0.5) is 0 Å². The van der Waals surface area contributed by atoms with Crippen molar-refractivity contribution in [2.45, 2.75) is 33.6 Å². The molecule has 0 aliphatic heterocycles. The molecule has 0 rings (SSSR count). The third-order valence-corrected chi connectivity index (χ3v) is 1.59. The molecule has 0 heterocycles. The van der Waals surface area contributed by atoms with Gasteiger partial charge in [0.2, 0.25) is 0 Å². The van der Waals surface area contributed by atoms with Crippen molar-refractivity contribution in [3.05, 3.63) is 11.6 Å². The van der Waals surface area contributed by atoms with E-state index in [2.05, 4.69) is 6.92 Å². The average Bonchev–Trinajstić information content (AvgIpc) is 2.04. The van der Waals surface area contributed by atoms with Crippen molar-refractivity contribution in [1.29, 1.82) is 0 Å². The summed E-state index contributed by atoms with van der Waals surface area (Å²) in [7, 11) is 0. The SMILES string of the molecule is CCC/C=C(\COCC)C(C)=O. The molecule has 0 atom stereocenters. The van der Waals surface area contributed by atoms with E-state index in [0.717, 1.165) is 18.4 Å². The van der Waals surface area contributed by atoms with Crippen molar-refractivity contribution in [3.63, 3.8) is 0 Å². The van der Waals surface area contributed by atoms with Crippen LogP contribution in [0.5, 0.6) is 0 Å². The smallest absolute Gasteiger partial charge is 0.157 e. The van der Waals surface area contributed by atoms with Gasteiger partial charge in [0, 0.05) is 12.2 Å². The normalized spacial score (nSPS) is 11.8. The van der Waals surface area contributed by atoms with Crippen molar-refractivity contribution in [2.24, 2.45) is 0 Å². The highest BCUT2D eigenvalue weighted by Gasteiger charge is 2.01. The Kier molecular flexibility index (Phi) is 6.67. The number of hydrogen-bond acceptors (Lipinski definition) is 2. The fourth-order valence-electron chi connectivity index (χ4n) is 0.835. The van der Waals surface area contributed by atoms with E-state index in [9.17, 15) is 4.79 Å². The number of Topliss-reactive ketones (excluding diaryl/α,β-unsaturated/α-hetero) is 1. The van der Waals surface area contributed by atoms with Gasteiger partial charge in [-0.1, -0.05) is 19.4 Å². The number of ether oxygens (including phenoxy) is 1. The van der Waals surface area contributed by atoms with Crippen molar-refractivity contribution >= 4 is 5.78 Å². The number of carbonyl (C=O) groups excluding carboxylic acids is 1. The summed E-state index contributed by atoms with van der Waals surface area (Å²) in [5.74, 6) is 0.122. The minimum absolute atomic E-state index is 0.122. The van der Waals surface area contributed by atoms with Gasteiger partial charge in [0.25, 0.3) is 0 Å². The molecule has 0 saturated carbocycles. The summed E-state index contributed by atoms with van der Waals surface area (Å²) in [5.41, 5.74) is 0.804. The monoisotopic (exact) mass is 170 g/mol. The van der Waals surface area contributed by atoms with E-state index < -0.39 is 0 Å². The van der Waals surface area contributed by atoms with Crippen LogP contribution < -0.4 is 0 Å². The van der Waals surface area contributed by atoms with Crippen LogP contribution in [0.15, 0.2) is 11.6 Å². The Morgan fingerprint density at radius 1 is 1.42 bits per heavy atom. The molecule has 0 fully saturated rings. The van der Waals surface area contributed by atoms with Crippen molar-refractivity contribution in [2.75, 3.05) is 13.2 Å². The third-order valence-electron chi connectivity index (χ3n) is 1.59. The van der Waals surface area contributed by atoms with Gasteiger partial charge >= 0.3 is 0 Å². The molecular formula is C10H18O2. The predicted octanol–water partition coefficient (Wildman–Crippen LogP) is 2.34. The second kappa shape index (κ2) is 7.04. The van der Waals surface area contributed by atoms with E-state index in [-0.39, 0.29) is 5.78 Å². The first-order chi connectivity index (χ1) is 5.72. The first kappa shape index (κ1) is 11.4. The molecule has 2 nitrogen and oxygen atoms in total. The lowest BCUT2D eigenvalue weighted by Gasteiger charge is -2.02. The van der Waals surface area contributed by atoms with Gasteiger partial charge in [-0.05, 0) is 20.3 Å². The number of rotatable bonds is 6. The Labute approximate surface area is 74.6 Å². The quantitative estimate of drug-likeness (QED) is 0.572. The Morgan fingerprint density at radius 3 is 2.50 bits per heavy atom. The molecular weight excluding hydrogens is 152 g/mol. The van der Waals surface area contributed by atoms with Gasteiger partial charge in [-0.15, -0.1) is 0 Å². The van der Waals surface area contributed by atoms with Crippen LogP contribution in [-0.2, 0) is 9.53 Å². The van der Waals surface area contributed by atoms with Crippen LogP contribution in [0.2, 0.25) is 0 Å². The summed E-state index contributed by atoms with van der Waals surface area (Å²) in [5, 5.41) is 0. The maximum Gasteiger partial charge on any atom is 0.157 e. The van der Waals surface area contributed by atoms with E-state index in [1.807, 2.05) is 13.0 Å². The second-order valence-electron chi connectivity index (χ2n) is 2.71. The Balaban J connectivity index is 3.94. The van der Waals surface area contributed by atoms with Gasteiger partial charge in [0.1, 0.15) is 0 Å². The van der Waals surface area contributed by atoms with Crippen LogP contribution in [0.1, 0.15) is 33.6 Å². The Morgan fingerprint density at radius 2 is 2.08 bits per heavy atom. The zero-order valence-electron chi connectivity index (χ0n) is 8.22. The van der Waals surface area contributed by atoms with Crippen LogP contribution in [0, 0.1) is 0 Å². The molecule has 0 bridgehead atoms. The summed E-state index contributed by atoms with van der Waals surface area (Å²) < 4.78 is 5.16. The fourth-order valence-corrected chi connectivity index (χ4v) is 0.835. The summed E-state index contributed by atoms with van der Waals surface area (Å²) >= 11 is 0. The van der Waals surface area contributed by atoms with E-state index in [4.69, 9.17) is 4.74 Å². The largest absolute Gasteiger partial charge is 0.377 e. The third kappa shape index (κ3) is 5.08. The standard InChI is InChI=1S/C10H18O2/c1-4-6-7-10(9(3)11)8-12-5-2/h7H,4-6,8H2,1-3H3/b10-7+. The summed E-state index contributed by atoms with van der Waals surface area (Å²) in [4.78, 5) is 11.0. The molecule has 0 amide bonds. The molecule has 0 radical (unpaired) electrons. The zero-order valence-corrected chi connectivity index (χ0v) is 8.22. The van der Waals surface area contributed by atoms with E-state index >= 15 is 0 Å². The van der Waals surface area contributed by atoms with Crippen molar-refractivity contribution in [1.82, 2.24) is 0 Å². The number of carbonyl (C=O) groups is 1. The topological polar surface area (TPSA) is 26.3 Å². The Hall–Kier alpha value is -0.630. The molecule has 0 aromatic carbocycles. The van der Waals surface area contributed by atoms with E-state index in [1.165, 1.54) is 0 Å². The van der Waals surface area contributed by atoms with Crippen molar-refractivity contribution < 1.29 is 9.53 Å². The minimum Gasteiger partial charge on any atom is -0.377 e. The van der Waals surface area contributed by atoms with Gasteiger partial charge in [-0.25, -0.2) is 0 Å². The molecule has 0 spiro atoms. The molecule has 0 aromatic heterocycles. The van der Waals surface area contributed by atoms with Crippen LogP contribution in [0.25, 0.3) is 0 Å². The first-order valence-electron chi connectivity index (χ1n) is 4.50. The lowest BCUT2D eigenvalue weighted by atomic mass is 10.1. The zero-order chi connectivity index (χ0) is 9.40. The number of unbranched alkanes of at least 4 members (excludes halogenated alkanes) is 1. The molecule has 0 aromatic rings. The van der Waals surface area contributed by atoms with Gasteiger partial charge in [0.05, 0.1) is 6.61 Å². The summed E-state index contributed by atoms with van der Waals surface area (Å²) in [6.45, 7) is 6.73. The van der Waals surface area contributed by atoms with Gasteiger partial charge < -0.3 is 4.74 Å². The van der Waals surface area contributed by atoms with Crippen molar-refractivity contribution in [3.8, 4) is 0 Å². The Bertz CT molecular complexity index is 159. The van der Waals surface area contributed by atoms with Gasteiger partial charge in [0.15, 0.2) is 5.78 Å². The molecule has 0 aliphatic rings. The number of hydrogen-bond donors (Lipinski definition) is 0. The summed E-state index contributed by atoms with van der Waals surface area (Å²) in [6.07, 6.45) is 4.00. The lowest BCUT2D eigenvalue weighted by Crippen LogP contribution is -2.05. The van der Waals surface area contributed by atoms with Crippen LogP contribution in [0.3, 0.4) is 0 Å². The highest BCUT2D eigenvalue weighted by molar-refractivity contribution is 5.93. The maximum absolute atomic E-state index is 11.0. The maximum atomic E-state index is 11.0. The number of allylic oxidation sites excluding steroid dienone is 1. The van der Waals surface area contributed by atoms with E-state index in [0.29, 0.717) is 13.2 Å². The molecule has 0 unspecified atom stereocenters. The average molecular weight is 170 g/mol. The highest BCUT2D eigenvalue weighted by Crippen LogP contribution is 2.01. The van der Waals surface area contributed by atoms with Gasteiger partial charge in [-0.3, -0.25) is 4.79 Å². The molecule has 0 aliphatic carbocycles. The van der Waals surface area contributed by atoms with Crippen LogP contribution in [-0.4, -0.2) is 19.0 Å². The molecule has 70 valence electrons. The fraction of sp³-hybridized carbons (Fsp3) is 0.700.